The van der Waals surface area contributed by atoms with Gasteiger partial charge in [0.25, 0.3) is 0 Å². The maximum absolute atomic E-state index is 13.3. The van der Waals surface area contributed by atoms with Gasteiger partial charge in [0.1, 0.15) is 5.82 Å². The molecule has 2 atom stereocenters. The van der Waals surface area contributed by atoms with Crippen LogP contribution in [0.25, 0.3) is 0 Å². The van der Waals surface area contributed by atoms with Gasteiger partial charge in [0.2, 0.25) is 0 Å². The molecule has 0 aromatic heterocycles. The van der Waals surface area contributed by atoms with Crippen LogP contribution in [0.3, 0.4) is 0 Å². The summed E-state index contributed by atoms with van der Waals surface area (Å²) in [5, 5.41) is 9.82. The lowest BCUT2D eigenvalue weighted by Gasteiger charge is -2.41. The number of benzene rings is 1. The largest absolute Gasteiger partial charge is 0.389 e. The first kappa shape index (κ1) is 14.3. The predicted molar refractivity (Wildman–Crippen MR) is 76.0 cm³/mol. The van der Waals surface area contributed by atoms with Crippen molar-refractivity contribution in [1.82, 2.24) is 4.90 Å². The van der Waals surface area contributed by atoms with Gasteiger partial charge in [-0.2, -0.15) is 0 Å². The lowest BCUT2D eigenvalue weighted by molar-refractivity contribution is 0.192. The molecule has 3 nitrogen and oxygen atoms in total. The quantitative estimate of drug-likeness (QED) is 0.910. The number of hydrogen-bond acceptors (Lipinski definition) is 3. The Bertz CT molecular complexity index is 436. The van der Waals surface area contributed by atoms with Crippen molar-refractivity contribution in [1.29, 1.82) is 0 Å². The highest BCUT2D eigenvalue weighted by molar-refractivity contribution is 5.55. The van der Waals surface area contributed by atoms with Gasteiger partial charge < -0.3 is 10.0 Å². The average molecular weight is 266 g/mol. The molecule has 1 aliphatic heterocycles. The Labute approximate surface area is 114 Å². The van der Waals surface area contributed by atoms with E-state index in [2.05, 4.69) is 23.6 Å². The van der Waals surface area contributed by atoms with Gasteiger partial charge in [-0.1, -0.05) is 6.92 Å². The van der Waals surface area contributed by atoms with E-state index in [0.717, 1.165) is 31.9 Å². The van der Waals surface area contributed by atoms with Crippen LogP contribution in [0, 0.1) is 5.82 Å². The second-order valence-corrected chi connectivity index (χ2v) is 5.30. The van der Waals surface area contributed by atoms with Crippen molar-refractivity contribution < 1.29 is 9.50 Å². The van der Waals surface area contributed by atoms with Crippen LogP contribution in [0.1, 0.15) is 32.4 Å². The lowest BCUT2D eigenvalue weighted by atomic mass is 10.0. The van der Waals surface area contributed by atoms with Crippen LogP contribution in [-0.4, -0.2) is 42.2 Å². The third-order valence-electron chi connectivity index (χ3n) is 3.95. The van der Waals surface area contributed by atoms with E-state index in [1.807, 2.05) is 0 Å². The SMILES string of the molecule is CCN1CCN(c2ccc(F)cc2C(C)O)CC1C. The third-order valence-corrected chi connectivity index (χ3v) is 3.95. The number of anilines is 1. The van der Waals surface area contributed by atoms with Gasteiger partial charge in [0, 0.05) is 36.9 Å². The number of likely N-dealkylation sites (N-methyl/N-ethyl adjacent to an activating group) is 1. The van der Waals surface area contributed by atoms with Crippen LogP contribution in [0.15, 0.2) is 18.2 Å². The molecule has 19 heavy (non-hydrogen) atoms. The number of hydrogen-bond donors (Lipinski definition) is 1. The van der Waals surface area contributed by atoms with E-state index < -0.39 is 6.10 Å². The van der Waals surface area contributed by atoms with Crippen molar-refractivity contribution >= 4 is 5.69 Å². The fraction of sp³-hybridized carbons (Fsp3) is 0.600. The van der Waals surface area contributed by atoms with Gasteiger partial charge in [-0.15, -0.1) is 0 Å². The fourth-order valence-corrected chi connectivity index (χ4v) is 2.83. The zero-order chi connectivity index (χ0) is 14.0. The lowest BCUT2D eigenvalue weighted by Crippen LogP contribution is -2.52. The summed E-state index contributed by atoms with van der Waals surface area (Å²) in [6.07, 6.45) is -0.648. The maximum atomic E-state index is 13.3. The Kier molecular flexibility index (Phi) is 4.42. The zero-order valence-electron chi connectivity index (χ0n) is 11.9. The normalized spacial score (nSPS) is 22.6. The Morgan fingerprint density at radius 3 is 2.74 bits per heavy atom. The Morgan fingerprint density at radius 2 is 2.16 bits per heavy atom. The van der Waals surface area contributed by atoms with Crippen LogP contribution in [0.2, 0.25) is 0 Å². The van der Waals surface area contributed by atoms with E-state index in [-0.39, 0.29) is 5.82 Å². The molecule has 1 heterocycles. The third kappa shape index (κ3) is 3.07. The highest BCUT2D eigenvalue weighted by Crippen LogP contribution is 2.29. The molecule has 0 saturated carbocycles. The first-order chi connectivity index (χ1) is 9.02. The Balaban J connectivity index is 2.23. The molecule has 2 rings (SSSR count). The van der Waals surface area contributed by atoms with Crippen molar-refractivity contribution in [2.45, 2.75) is 32.9 Å². The standard InChI is InChI=1S/C15H23FN2O/c1-4-17-7-8-18(10-11(17)2)15-6-5-13(16)9-14(15)12(3)19/h5-6,9,11-12,19H,4,7-8,10H2,1-3H3. The number of aliphatic hydroxyl groups excluding tert-OH is 1. The van der Waals surface area contributed by atoms with Crippen molar-refractivity contribution in [2.75, 3.05) is 31.1 Å². The monoisotopic (exact) mass is 266 g/mol. The molecule has 1 saturated heterocycles. The number of nitrogens with zero attached hydrogens (tertiary/aromatic N) is 2. The highest BCUT2D eigenvalue weighted by Gasteiger charge is 2.24. The van der Waals surface area contributed by atoms with Crippen molar-refractivity contribution in [3.8, 4) is 0 Å². The average Bonchev–Trinajstić information content (AvgIpc) is 2.38. The van der Waals surface area contributed by atoms with E-state index in [0.29, 0.717) is 11.6 Å². The minimum absolute atomic E-state index is 0.292. The molecule has 0 aliphatic carbocycles. The Morgan fingerprint density at radius 1 is 1.42 bits per heavy atom. The minimum Gasteiger partial charge on any atom is -0.389 e. The molecule has 0 spiro atoms. The molecule has 0 amide bonds. The molecule has 2 unspecified atom stereocenters. The van der Waals surface area contributed by atoms with Gasteiger partial charge in [-0.25, -0.2) is 4.39 Å². The van der Waals surface area contributed by atoms with E-state index in [4.69, 9.17) is 0 Å². The summed E-state index contributed by atoms with van der Waals surface area (Å²) in [6, 6.07) is 5.17. The number of halogens is 1. The summed E-state index contributed by atoms with van der Waals surface area (Å²) in [5.41, 5.74) is 1.64. The summed E-state index contributed by atoms with van der Waals surface area (Å²) in [7, 11) is 0. The summed E-state index contributed by atoms with van der Waals surface area (Å²) < 4.78 is 13.3. The zero-order valence-corrected chi connectivity index (χ0v) is 11.9. The van der Waals surface area contributed by atoms with Crippen LogP contribution < -0.4 is 4.90 Å². The van der Waals surface area contributed by atoms with Crippen LogP contribution >= 0.6 is 0 Å². The molecule has 1 aliphatic rings. The van der Waals surface area contributed by atoms with E-state index in [9.17, 15) is 9.50 Å². The Hall–Kier alpha value is -1.13. The number of aliphatic hydroxyl groups is 1. The van der Waals surface area contributed by atoms with Crippen LogP contribution in [0.4, 0.5) is 10.1 Å². The van der Waals surface area contributed by atoms with Gasteiger partial charge in [-0.05, 0) is 38.6 Å². The second-order valence-electron chi connectivity index (χ2n) is 5.30. The molecule has 1 fully saturated rings. The van der Waals surface area contributed by atoms with Crippen molar-refractivity contribution in [3.63, 3.8) is 0 Å². The smallest absolute Gasteiger partial charge is 0.123 e. The molecule has 4 heteroatoms. The van der Waals surface area contributed by atoms with Crippen LogP contribution in [-0.2, 0) is 0 Å². The van der Waals surface area contributed by atoms with Crippen molar-refractivity contribution in [2.24, 2.45) is 0 Å². The minimum atomic E-state index is -0.648. The van der Waals surface area contributed by atoms with E-state index in [1.54, 1.807) is 13.0 Å². The molecule has 1 N–H and O–H groups in total. The summed E-state index contributed by atoms with van der Waals surface area (Å²) in [6.45, 7) is 9.97. The topological polar surface area (TPSA) is 26.7 Å². The van der Waals surface area contributed by atoms with Crippen LogP contribution in [0.5, 0.6) is 0 Å². The van der Waals surface area contributed by atoms with E-state index in [1.165, 1.54) is 12.1 Å². The summed E-state index contributed by atoms with van der Waals surface area (Å²) >= 11 is 0. The summed E-state index contributed by atoms with van der Waals surface area (Å²) in [4.78, 5) is 4.68. The highest BCUT2D eigenvalue weighted by atomic mass is 19.1. The van der Waals surface area contributed by atoms with Gasteiger partial charge in [0.15, 0.2) is 0 Å². The van der Waals surface area contributed by atoms with Gasteiger partial charge >= 0.3 is 0 Å². The fourth-order valence-electron chi connectivity index (χ4n) is 2.83. The van der Waals surface area contributed by atoms with Crippen molar-refractivity contribution in [3.05, 3.63) is 29.6 Å². The molecule has 0 bridgehead atoms. The molecule has 0 radical (unpaired) electrons. The molecular weight excluding hydrogens is 243 g/mol. The maximum Gasteiger partial charge on any atom is 0.123 e. The van der Waals surface area contributed by atoms with E-state index >= 15 is 0 Å². The summed E-state index contributed by atoms with van der Waals surface area (Å²) in [5.74, 6) is -0.292. The van der Waals surface area contributed by atoms with Gasteiger partial charge in [0.05, 0.1) is 6.10 Å². The first-order valence-electron chi connectivity index (χ1n) is 6.99. The number of piperazine rings is 1. The molecule has 106 valence electrons. The van der Waals surface area contributed by atoms with Gasteiger partial charge in [-0.3, -0.25) is 4.90 Å². The first-order valence-corrected chi connectivity index (χ1v) is 6.99. The second kappa shape index (κ2) is 5.88. The predicted octanol–water partition coefficient (Wildman–Crippen LogP) is 2.41. The number of rotatable bonds is 3. The molecular formula is C15H23FN2O. The molecule has 1 aromatic carbocycles. The molecule has 1 aromatic rings.